The molecular formula is C14H25NO2. The molecule has 1 aliphatic heterocycles. The van der Waals surface area contributed by atoms with Crippen molar-refractivity contribution in [1.82, 2.24) is 4.90 Å². The van der Waals surface area contributed by atoms with E-state index in [-0.39, 0.29) is 28.6 Å². The van der Waals surface area contributed by atoms with Crippen LogP contribution in [0.15, 0.2) is 0 Å². The molecule has 2 unspecified atom stereocenters. The topological polar surface area (TPSA) is 37.4 Å². The predicted octanol–water partition coefficient (Wildman–Crippen LogP) is 2.70. The Morgan fingerprint density at radius 1 is 1.06 bits per heavy atom. The van der Waals surface area contributed by atoms with Crippen LogP contribution in [0.1, 0.15) is 48.5 Å². The van der Waals surface area contributed by atoms with Crippen molar-refractivity contribution in [1.29, 1.82) is 0 Å². The lowest BCUT2D eigenvalue weighted by atomic mass is 9.56. The second-order valence-electron chi connectivity index (χ2n) is 7.45. The van der Waals surface area contributed by atoms with Gasteiger partial charge in [0, 0.05) is 7.05 Å². The van der Waals surface area contributed by atoms with Crippen LogP contribution in [0.3, 0.4) is 0 Å². The van der Waals surface area contributed by atoms with E-state index in [1.165, 1.54) is 4.90 Å². The van der Waals surface area contributed by atoms with Crippen LogP contribution in [0.5, 0.6) is 0 Å². The Hall–Kier alpha value is -0.860. The Morgan fingerprint density at radius 2 is 1.47 bits per heavy atom. The maximum atomic E-state index is 12.4. The van der Waals surface area contributed by atoms with Crippen molar-refractivity contribution in [3.05, 3.63) is 0 Å². The summed E-state index contributed by atoms with van der Waals surface area (Å²) < 4.78 is 0. The lowest BCUT2D eigenvalue weighted by Crippen LogP contribution is -2.47. The number of hydrogen-bond donors (Lipinski definition) is 0. The van der Waals surface area contributed by atoms with E-state index in [9.17, 15) is 9.59 Å². The van der Waals surface area contributed by atoms with Crippen LogP contribution in [-0.4, -0.2) is 23.8 Å². The summed E-state index contributed by atoms with van der Waals surface area (Å²) in [5.41, 5.74) is -1.07. The number of rotatable bonds is 0. The van der Waals surface area contributed by atoms with Gasteiger partial charge in [-0.15, -0.1) is 0 Å². The molecule has 1 rings (SSSR count). The van der Waals surface area contributed by atoms with Gasteiger partial charge in [-0.2, -0.15) is 0 Å². The third kappa shape index (κ3) is 1.80. The molecule has 3 heteroatoms. The summed E-state index contributed by atoms with van der Waals surface area (Å²) in [6.07, 6.45) is 0. The quantitative estimate of drug-likeness (QED) is 0.609. The summed E-state index contributed by atoms with van der Waals surface area (Å²) in [4.78, 5) is 26.1. The number of carbonyl (C=O) groups is 2. The second-order valence-corrected chi connectivity index (χ2v) is 7.45. The summed E-state index contributed by atoms with van der Waals surface area (Å²) in [7, 11) is 1.60. The average Bonchev–Trinajstić information content (AvgIpc) is 2.26. The van der Waals surface area contributed by atoms with Crippen molar-refractivity contribution in [3.8, 4) is 0 Å². The van der Waals surface area contributed by atoms with Crippen LogP contribution in [0.2, 0.25) is 0 Å². The van der Waals surface area contributed by atoms with Crippen LogP contribution in [0, 0.1) is 22.2 Å². The van der Waals surface area contributed by atoms with Gasteiger partial charge in [-0.3, -0.25) is 14.5 Å². The maximum absolute atomic E-state index is 12.4. The number of carbonyl (C=O) groups excluding carboxylic acids is 2. The molecule has 1 fully saturated rings. The SMILES string of the molecule is CN1C(=O)C(C(C)(C)C)C(C)(C(C)(C)C)C1=O. The number of imide groups is 1. The molecule has 98 valence electrons. The Kier molecular flexibility index (Phi) is 2.98. The standard InChI is InChI=1S/C14H25NO2/c1-12(2,3)9-10(16)15(8)11(17)14(9,7)13(4,5)6/h9H,1-8H3. The molecule has 2 amide bonds. The van der Waals surface area contributed by atoms with E-state index in [1.807, 2.05) is 48.5 Å². The van der Waals surface area contributed by atoms with Gasteiger partial charge in [0.25, 0.3) is 0 Å². The third-order valence-corrected chi connectivity index (χ3v) is 4.33. The van der Waals surface area contributed by atoms with Crippen molar-refractivity contribution >= 4 is 11.8 Å². The van der Waals surface area contributed by atoms with E-state index in [1.54, 1.807) is 7.05 Å². The predicted molar refractivity (Wildman–Crippen MR) is 68.3 cm³/mol. The van der Waals surface area contributed by atoms with Crippen molar-refractivity contribution in [2.24, 2.45) is 22.2 Å². The zero-order valence-corrected chi connectivity index (χ0v) is 12.3. The molecule has 0 N–H and O–H groups in total. The Balaban J connectivity index is 3.45. The van der Waals surface area contributed by atoms with E-state index in [2.05, 4.69) is 0 Å². The van der Waals surface area contributed by atoms with Crippen LogP contribution in [0.4, 0.5) is 0 Å². The average molecular weight is 239 g/mol. The monoisotopic (exact) mass is 239 g/mol. The Morgan fingerprint density at radius 3 is 1.71 bits per heavy atom. The molecule has 1 saturated heterocycles. The number of likely N-dealkylation sites (tertiary alicyclic amines) is 1. The molecule has 0 spiro atoms. The number of hydrogen-bond acceptors (Lipinski definition) is 2. The highest BCUT2D eigenvalue weighted by Crippen LogP contribution is 2.55. The minimum atomic E-state index is -0.628. The Labute approximate surface area is 105 Å². The van der Waals surface area contributed by atoms with Crippen molar-refractivity contribution in [2.45, 2.75) is 48.5 Å². The zero-order valence-electron chi connectivity index (χ0n) is 12.3. The highest BCUT2D eigenvalue weighted by molar-refractivity contribution is 6.07. The van der Waals surface area contributed by atoms with Gasteiger partial charge in [0.2, 0.25) is 11.8 Å². The summed E-state index contributed by atoms with van der Waals surface area (Å²) >= 11 is 0. The fourth-order valence-corrected chi connectivity index (χ4v) is 3.00. The molecule has 0 aromatic rings. The second kappa shape index (κ2) is 3.56. The van der Waals surface area contributed by atoms with Crippen LogP contribution >= 0.6 is 0 Å². The Bertz CT molecular complexity index is 359. The molecule has 2 atom stereocenters. The van der Waals surface area contributed by atoms with Gasteiger partial charge in [0.15, 0.2) is 0 Å². The van der Waals surface area contributed by atoms with Crippen molar-refractivity contribution in [2.75, 3.05) is 7.05 Å². The first-order chi connectivity index (χ1) is 7.35. The van der Waals surface area contributed by atoms with Crippen LogP contribution in [-0.2, 0) is 9.59 Å². The number of nitrogens with zero attached hydrogens (tertiary/aromatic N) is 1. The van der Waals surface area contributed by atoms with Crippen LogP contribution in [0.25, 0.3) is 0 Å². The molecule has 0 saturated carbocycles. The van der Waals surface area contributed by atoms with Gasteiger partial charge in [-0.25, -0.2) is 0 Å². The lowest BCUT2D eigenvalue weighted by molar-refractivity contribution is -0.142. The lowest BCUT2D eigenvalue weighted by Gasteiger charge is -2.44. The first-order valence-corrected chi connectivity index (χ1v) is 6.17. The molecule has 1 aliphatic rings. The maximum Gasteiger partial charge on any atom is 0.236 e. The van der Waals surface area contributed by atoms with Crippen LogP contribution < -0.4 is 0 Å². The van der Waals surface area contributed by atoms with Gasteiger partial charge in [0.1, 0.15) is 0 Å². The number of amides is 2. The van der Waals surface area contributed by atoms with Crippen molar-refractivity contribution < 1.29 is 9.59 Å². The molecule has 0 bridgehead atoms. The summed E-state index contributed by atoms with van der Waals surface area (Å²) in [6, 6.07) is 0. The molecule has 0 aromatic carbocycles. The molecule has 0 aliphatic carbocycles. The minimum absolute atomic E-state index is 0.0417. The van der Waals surface area contributed by atoms with Gasteiger partial charge < -0.3 is 0 Å². The fraction of sp³-hybridized carbons (Fsp3) is 0.857. The van der Waals surface area contributed by atoms with E-state index in [0.717, 1.165) is 0 Å². The van der Waals surface area contributed by atoms with Gasteiger partial charge in [-0.05, 0) is 17.8 Å². The van der Waals surface area contributed by atoms with Gasteiger partial charge in [0.05, 0.1) is 11.3 Å². The van der Waals surface area contributed by atoms with E-state index < -0.39 is 5.41 Å². The fourth-order valence-electron chi connectivity index (χ4n) is 3.00. The van der Waals surface area contributed by atoms with E-state index in [4.69, 9.17) is 0 Å². The molecule has 17 heavy (non-hydrogen) atoms. The van der Waals surface area contributed by atoms with Gasteiger partial charge in [-0.1, -0.05) is 41.5 Å². The molecule has 0 aromatic heterocycles. The summed E-state index contributed by atoms with van der Waals surface area (Å²) in [5.74, 6) is -0.345. The highest BCUT2D eigenvalue weighted by Gasteiger charge is 2.63. The zero-order chi connectivity index (χ0) is 13.8. The van der Waals surface area contributed by atoms with E-state index in [0.29, 0.717) is 0 Å². The first kappa shape index (κ1) is 14.2. The summed E-state index contributed by atoms with van der Waals surface area (Å²) in [5, 5.41) is 0. The van der Waals surface area contributed by atoms with Crippen molar-refractivity contribution in [3.63, 3.8) is 0 Å². The van der Waals surface area contributed by atoms with E-state index >= 15 is 0 Å². The molecule has 0 radical (unpaired) electrons. The highest BCUT2D eigenvalue weighted by atomic mass is 16.2. The summed E-state index contributed by atoms with van der Waals surface area (Å²) in [6.45, 7) is 14.2. The molecule has 1 heterocycles. The normalized spacial score (nSPS) is 31.3. The smallest absolute Gasteiger partial charge is 0.236 e. The third-order valence-electron chi connectivity index (χ3n) is 4.33. The first-order valence-electron chi connectivity index (χ1n) is 6.17. The minimum Gasteiger partial charge on any atom is -0.285 e. The molecule has 3 nitrogen and oxygen atoms in total. The molecular weight excluding hydrogens is 214 g/mol. The largest absolute Gasteiger partial charge is 0.285 e. The van der Waals surface area contributed by atoms with Gasteiger partial charge >= 0.3 is 0 Å².